The summed E-state index contributed by atoms with van der Waals surface area (Å²) >= 11 is 0. The zero-order chi connectivity index (χ0) is 49.8. The van der Waals surface area contributed by atoms with E-state index in [1.807, 2.05) is 0 Å². The van der Waals surface area contributed by atoms with Gasteiger partial charge in [-0.25, -0.2) is 0 Å². The summed E-state index contributed by atoms with van der Waals surface area (Å²) in [6, 6.07) is 93.4. The largest absolute Gasteiger partial charge is 0.309 e. The van der Waals surface area contributed by atoms with Crippen LogP contribution in [-0.2, 0) is 0 Å². The highest BCUT2D eigenvalue weighted by molar-refractivity contribution is 6.13. The molecule has 16 aromatic rings. The maximum Gasteiger partial charge on any atom is 0.240 e. The van der Waals surface area contributed by atoms with Gasteiger partial charge in [0, 0.05) is 60.0 Å². The smallest absolute Gasteiger partial charge is 0.240 e. The minimum Gasteiger partial charge on any atom is -0.309 e. The van der Waals surface area contributed by atoms with Crippen LogP contribution in [0.5, 0.6) is 0 Å². The van der Waals surface area contributed by atoms with Gasteiger partial charge in [0.1, 0.15) is 0 Å². The molecule has 0 aliphatic carbocycles. The van der Waals surface area contributed by atoms with E-state index in [1.165, 1.54) is 43.7 Å². The van der Waals surface area contributed by atoms with Crippen molar-refractivity contribution in [3.63, 3.8) is 0 Å². The first-order valence-electron chi connectivity index (χ1n) is 25.8. The Balaban J connectivity index is 0.821. The first-order valence-corrected chi connectivity index (χ1v) is 25.8. The van der Waals surface area contributed by atoms with Crippen molar-refractivity contribution in [2.24, 2.45) is 0 Å². The number of nitrogens with zero attached hydrogens (tertiary/aromatic N) is 7. The predicted octanol–water partition coefficient (Wildman–Crippen LogP) is 17.3. The van der Waals surface area contributed by atoms with Crippen molar-refractivity contribution in [3.8, 4) is 56.9 Å². The highest BCUT2D eigenvalue weighted by Gasteiger charge is 2.22. The van der Waals surface area contributed by atoms with Crippen molar-refractivity contribution in [1.29, 1.82) is 0 Å². The van der Waals surface area contributed by atoms with E-state index in [-0.39, 0.29) is 0 Å². The number of rotatable bonds is 7. The van der Waals surface area contributed by atoms with Crippen LogP contribution >= 0.6 is 0 Å². The van der Waals surface area contributed by atoms with Gasteiger partial charge in [0.15, 0.2) is 5.82 Å². The van der Waals surface area contributed by atoms with Gasteiger partial charge in [-0.2, -0.15) is 15.0 Å². The molecule has 7 heteroatoms. The molecule has 0 atom stereocenters. The van der Waals surface area contributed by atoms with Crippen molar-refractivity contribution in [1.82, 2.24) is 33.2 Å². The topological polar surface area (TPSA) is 58.4 Å². The summed E-state index contributed by atoms with van der Waals surface area (Å²) in [5, 5.41) is 9.47. The summed E-state index contributed by atoms with van der Waals surface area (Å²) < 4.78 is 9.14. The third kappa shape index (κ3) is 6.39. The Kier molecular flexibility index (Phi) is 9.20. The Morgan fingerprint density at radius 3 is 0.868 bits per heavy atom. The van der Waals surface area contributed by atoms with Crippen LogP contribution in [0.25, 0.3) is 144 Å². The number of para-hydroxylation sites is 6. The Labute approximate surface area is 436 Å². The molecule has 0 amide bonds. The zero-order valence-corrected chi connectivity index (χ0v) is 41.0. The maximum atomic E-state index is 5.36. The SMILES string of the molecule is c1ccc(-c2ccc3c4ccccc4n(-c4ccc(-c5ccc6c7ccccc7n(-c7ccc(-c8nc(-n9c%10ccccc%10c%10ccccc%109)nc(-n9c%10ccccc%10c%10ccccc%109)n8)cc7)c6c5)cc4)c3c2)cc1. The van der Waals surface area contributed by atoms with E-state index in [0.717, 1.165) is 82.7 Å². The molecule has 16 rings (SSSR count). The van der Waals surface area contributed by atoms with E-state index < -0.39 is 0 Å². The average Bonchev–Trinajstić information content (AvgIpc) is 4.28. The van der Waals surface area contributed by atoms with Crippen LogP contribution in [0.15, 0.2) is 261 Å². The molecule has 0 radical (unpaired) electrons. The van der Waals surface area contributed by atoms with Gasteiger partial charge >= 0.3 is 0 Å². The van der Waals surface area contributed by atoms with Gasteiger partial charge < -0.3 is 9.13 Å². The van der Waals surface area contributed by atoms with Crippen molar-refractivity contribution in [2.45, 2.75) is 0 Å². The molecule has 0 spiro atoms. The molecule has 0 bridgehead atoms. The third-order valence-electron chi connectivity index (χ3n) is 15.5. The lowest BCUT2D eigenvalue weighted by atomic mass is 10.0. The van der Waals surface area contributed by atoms with Crippen molar-refractivity contribution >= 4 is 87.2 Å². The molecule has 76 heavy (non-hydrogen) atoms. The van der Waals surface area contributed by atoms with Crippen LogP contribution in [0.4, 0.5) is 0 Å². The van der Waals surface area contributed by atoms with E-state index in [2.05, 4.69) is 279 Å². The molecular formula is C69H43N7. The lowest BCUT2D eigenvalue weighted by molar-refractivity contribution is 0.893. The molecule has 11 aromatic carbocycles. The molecule has 0 fully saturated rings. The Morgan fingerprint density at radius 1 is 0.197 bits per heavy atom. The fourth-order valence-corrected chi connectivity index (χ4v) is 12.0. The number of fused-ring (bicyclic) bond motifs is 12. The van der Waals surface area contributed by atoms with Crippen LogP contribution in [-0.4, -0.2) is 33.2 Å². The number of hydrogen-bond acceptors (Lipinski definition) is 3. The molecule has 0 saturated heterocycles. The molecule has 0 N–H and O–H groups in total. The third-order valence-corrected chi connectivity index (χ3v) is 15.5. The zero-order valence-electron chi connectivity index (χ0n) is 41.0. The second-order valence-electron chi connectivity index (χ2n) is 19.6. The minimum atomic E-state index is 0.554. The first-order chi connectivity index (χ1) is 37.7. The first kappa shape index (κ1) is 42.2. The molecule has 0 aliphatic heterocycles. The molecular weight excluding hydrogens is 927 g/mol. The lowest BCUT2D eigenvalue weighted by Gasteiger charge is -2.13. The van der Waals surface area contributed by atoms with Crippen LogP contribution in [0, 0.1) is 0 Å². The minimum absolute atomic E-state index is 0.554. The van der Waals surface area contributed by atoms with Crippen LogP contribution in [0.1, 0.15) is 0 Å². The van der Waals surface area contributed by atoms with Gasteiger partial charge in [-0.1, -0.05) is 176 Å². The predicted molar refractivity (Wildman–Crippen MR) is 313 cm³/mol. The summed E-state index contributed by atoms with van der Waals surface area (Å²) in [6.07, 6.45) is 0. The van der Waals surface area contributed by atoms with Gasteiger partial charge in [-0.05, 0) is 107 Å². The molecule has 0 saturated carbocycles. The van der Waals surface area contributed by atoms with Gasteiger partial charge in [0.25, 0.3) is 0 Å². The van der Waals surface area contributed by atoms with Crippen LogP contribution < -0.4 is 0 Å². The Hall–Kier alpha value is -10.4. The molecule has 354 valence electrons. The van der Waals surface area contributed by atoms with Crippen LogP contribution in [0.3, 0.4) is 0 Å². The molecule has 7 nitrogen and oxygen atoms in total. The molecule has 0 aliphatic rings. The second-order valence-corrected chi connectivity index (χ2v) is 19.6. The fraction of sp³-hybridized carbons (Fsp3) is 0. The fourth-order valence-electron chi connectivity index (χ4n) is 12.0. The van der Waals surface area contributed by atoms with E-state index in [9.17, 15) is 0 Å². The number of aromatic nitrogens is 7. The summed E-state index contributed by atoms with van der Waals surface area (Å²) in [5.74, 6) is 1.69. The quantitative estimate of drug-likeness (QED) is 0.160. The average molecular weight is 970 g/mol. The highest BCUT2D eigenvalue weighted by Crippen LogP contribution is 2.39. The van der Waals surface area contributed by atoms with Crippen molar-refractivity contribution in [3.05, 3.63) is 261 Å². The summed E-state index contributed by atoms with van der Waals surface area (Å²) in [6.45, 7) is 0. The van der Waals surface area contributed by atoms with E-state index in [1.54, 1.807) is 0 Å². The van der Waals surface area contributed by atoms with Crippen molar-refractivity contribution in [2.75, 3.05) is 0 Å². The summed E-state index contributed by atoms with van der Waals surface area (Å²) in [5.41, 5.74) is 16.5. The lowest BCUT2D eigenvalue weighted by Crippen LogP contribution is -2.10. The van der Waals surface area contributed by atoms with Crippen LogP contribution in [0.2, 0.25) is 0 Å². The van der Waals surface area contributed by atoms with Gasteiger partial charge in [-0.15, -0.1) is 0 Å². The molecule has 0 unspecified atom stereocenters. The van der Waals surface area contributed by atoms with Crippen molar-refractivity contribution < 1.29 is 0 Å². The van der Waals surface area contributed by atoms with E-state index in [4.69, 9.17) is 15.0 Å². The highest BCUT2D eigenvalue weighted by atomic mass is 15.3. The number of benzene rings is 11. The van der Waals surface area contributed by atoms with E-state index in [0.29, 0.717) is 17.7 Å². The Morgan fingerprint density at radius 2 is 0.487 bits per heavy atom. The summed E-state index contributed by atoms with van der Waals surface area (Å²) in [4.78, 5) is 16.0. The van der Waals surface area contributed by atoms with Gasteiger partial charge in [0.05, 0.1) is 44.1 Å². The maximum absolute atomic E-state index is 5.36. The normalized spacial score (nSPS) is 11.9. The molecule has 5 heterocycles. The standard InChI is InChI=1S/C69H43N7/c1-2-16-44(17-3-1)47-34-40-57-55-22-4-10-24-59(55)73(65(57)42-47)49-36-30-45(31-37-49)48-35-41-58-56-23-5-11-25-60(56)74(66(58)43-48)50-38-32-46(33-39-50)67-70-68(75-61-26-12-6-18-51(61)52-19-7-13-27-62(52)75)72-69(71-67)76-63-28-14-8-20-53(63)54-21-9-15-29-64(54)76/h1-43H. The molecule has 5 aromatic heterocycles. The number of hydrogen-bond donors (Lipinski definition) is 0. The van der Waals surface area contributed by atoms with Gasteiger partial charge in [-0.3, -0.25) is 9.13 Å². The monoisotopic (exact) mass is 969 g/mol. The second kappa shape index (κ2) is 16.6. The summed E-state index contributed by atoms with van der Waals surface area (Å²) in [7, 11) is 0. The van der Waals surface area contributed by atoms with Gasteiger partial charge in [0.2, 0.25) is 11.9 Å². The van der Waals surface area contributed by atoms with E-state index >= 15 is 0 Å². The Bertz CT molecular complexity index is 4740.